The molecule has 23 heavy (non-hydrogen) atoms. The molecule has 1 N–H and O–H groups in total. The Labute approximate surface area is 140 Å². The monoisotopic (exact) mass is 329 g/mol. The molecule has 0 amide bonds. The van der Waals surface area contributed by atoms with Crippen LogP contribution in [0.5, 0.6) is 5.75 Å². The first-order valence-electron chi connectivity index (χ1n) is 7.25. The highest BCUT2D eigenvalue weighted by Crippen LogP contribution is 2.24. The van der Waals surface area contributed by atoms with Gasteiger partial charge in [0, 0.05) is 24.2 Å². The van der Waals surface area contributed by atoms with Crippen molar-refractivity contribution in [1.82, 2.24) is 15.5 Å². The first-order valence-corrected chi connectivity index (χ1v) is 7.25. The van der Waals surface area contributed by atoms with Crippen LogP contribution in [0.15, 0.2) is 59.1 Å². The van der Waals surface area contributed by atoms with Gasteiger partial charge in [-0.15, -0.1) is 12.4 Å². The minimum atomic E-state index is 0. The van der Waals surface area contributed by atoms with E-state index in [1.165, 1.54) is 0 Å². The summed E-state index contributed by atoms with van der Waals surface area (Å²) in [6.07, 6.45) is 0.277. The third-order valence-corrected chi connectivity index (χ3v) is 3.61. The van der Waals surface area contributed by atoms with E-state index in [9.17, 15) is 0 Å². The lowest BCUT2D eigenvalue weighted by Gasteiger charge is -2.27. The van der Waals surface area contributed by atoms with Gasteiger partial charge < -0.3 is 14.6 Å². The molecule has 0 unspecified atom stereocenters. The molecule has 2 aromatic carbocycles. The fourth-order valence-electron chi connectivity index (χ4n) is 2.26. The zero-order chi connectivity index (χ0) is 14.8. The number of nitrogens with one attached hydrogen (secondary N) is 1. The van der Waals surface area contributed by atoms with E-state index in [0.717, 1.165) is 30.0 Å². The molecule has 0 aliphatic carbocycles. The topological polar surface area (TPSA) is 60.2 Å². The van der Waals surface area contributed by atoms with Gasteiger partial charge in [-0.25, -0.2) is 0 Å². The van der Waals surface area contributed by atoms with Crippen LogP contribution in [0.1, 0.15) is 0 Å². The highest BCUT2D eigenvalue weighted by atomic mass is 35.5. The van der Waals surface area contributed by atoms with Crippen LogP contribution in [0, 0.1) is 0 Å². The Bertz CT molecular complexity index is 755. The van der Waals surface area contributed by atoms with Crippen molar-refractivity contribution in [2.24, 2.45) is 0 Å². The fraction of sp³-hybridized carbons (Fsp3) is 0.176. The van der Waals surface area contributed by atoms with Crippen LogP contribution < -0.4 is 10.1 Å². The molecule has 4 rings (SSSR count). The molecule has 0 saturated carbocycles. The van der Waals surface area contributed by atoms with Crippen molar-refractivity contribution in [1.29, 1.82) is 0 Å². The first kappa shape index (κ1) is 15.5. The van der Waals surface area contributed by atoms with Gasteiger partial charge in [0.2, 0.25) is 5.82 Å². The van der Waals surface area contributed by atoms with E-state index in [1.807, 2.05) is 54.6 Å². The van der Waals surface area contributed by atoms with Gasteiger partial charge in [-0.05, 0) is 24.3 Å². The van der Waals surface area contributed by atoms with Gasteiger partial charge in [-0.1, -0.05) is 35.5 Å². The van der Waals surface area contributed by atoms with Crippen LogP contribution in [0.2, 0.25) is 0 Å². The van der Waals surface area contributed by atoms with Crippen LogP contribution >= 0.6 is 12.4 Å². The van der Waals surface area contributed by atoms with E-state index < -0.39 is 0 Å². The van der Waals surface area contributed by atoms with Crippen molar-refractivity contribution in [3.8, 4) is 28.6 Å². The van der Waals surface area contributed by atoms with Crippen molar-refractivity contribution >= 4 is 12.4 Å². The largest absolute Gasteiger partial charge is 0.488 e. The highest BCUT2D eigenvalue weighted by molar-refractivity contribution is 5.85. The molecule has 118 valence electrons. The zero-order valence-electron chi connectivity index (χ0n) is 12.3. The van der Waals surface area contributed by atoms with Gasteiger partial charge in [0.1, 0.15) is 11.9 Å². The minimum Gasteiger partial charge on any atom is -0.488 e. The Balaban J connectivity index is 0.00000156. The average Bonchev–Trinajstić information content (AvgIpc) is 3.02. The minimum absolute atomic E-state index is 0. The van der Waals surface area contributed by atoms with E-state index in [0.29, 0.717) is 11.7 Å². The molecule has 3 aromatic rings. The molecule has 0 atom stereocenters. The summed E-state index contributed by atoms with van der Waals surface area (Å²) >= 11 is 0. The summed E-state index contributed by atoms with van der Waals surface area (Å²) < 4.78 is 11.1. The smallest absolute Gasteiger partial charge is 0.258 e. The Kier molecular flexibility index (Phi) is 4.60. The van der Waals surface area contributed by atoms with Crippen molar-refractivity contribution in [2.45, 2.75) is 6.10 Å². The Hall–Kier alpha value is -2.37. The maximum Gasteiger partial charge on any atom is 0.258 e. The molecule has 6 heteroatoms. The number of halogens is 1. The summed E-state index contributed by atoms with van der Waals surface area (Å²) in [5.41, 5.74) is 1.82. The van der Waals surface area contributed by atoms with Gasteiger partial charge in [-0.3, -0.25) is 0 Å². The molecule has 1 aliphatic heterocycles. The lowest BCUT2D eigenvalue weighted by atomic mass is 10.2. The molecule has 1 fully saturated rings. The number of benzene rings is 2. The second kappa shape index (κ2) is 6.81. The Morgan fingerprint density at radius 3 is 2.35 bits per heavy atom. The van der Waals surface area contributed by atoms with Crippen LogP contribution in [0.25, 0.3) is 22.8 Å². The van der Waals surface area contributed by atoms with Gasteiger partial charge in [0.25, 0.3) is 5.89 Å². The standard InChI is InChI=1S/C17H15N3O2.ClH/c1-2-4-12(5-3-1)16-19-17(22-20-16)13-6-8-14(9-7-13)21-15-10-18-11-15;/h1-9,15,18H,10-11H2;1H. The average molecular weight is 330 g/mol. The molecule has 0 spiro atoms. The summed E-state index contributed by atoms with van der Waals surface area (Å²) in [7, 11) is 0. The van der Waals surface area contributed by atoms with Gasteiger partial charge in [-0.2, -0.15) is 4.98 Å². The summed E-state index contributed by atoms with van der Waals surface area (Å²) in [4.78, 5) is 4.44. The van der Waals surface area contributed by atoms with E-state index in [-0.39, 0.29) is 18.5 Å². The molecular formula is C17H16ClN3O2. The predicted molar refractivity (Wildman–Crippen MR) is 89.7 cm³/mol. The summed E-state index contributed by atoms with van der Waals surface area (Å²) in [5, 5.41) is 7.21. The van der Waals surface area contributed by atoms with Crippen molar-refractivity contribution in [2.75, 3.05) is 13.1 Å². The summed E-state index contributed by atoms with van der Waals surface area (Å²) in [5.74, 6) is 1.96. The lowest BCUT2D eigenvalue weighted by Crippen LogP contribution is -2.50. The highest BCUT2D eigenvalue weighted by Gasteiger charge is 2.18. The first-order chi connectivity index (χ1) is 10.9. The van der Waals surface area contributed by atoms with E-state index in [2.05, 4.69) is 15.5 Å². The molecule has 0 bridgehead atoms. The number of rotatable bonds is 4. The molecule has 1 saturated heterocycles. The van der Waals surface area contributed by atoms with Crippen molar-refractivity contribution < 1.29 is 9.26 Å². The van der Waals surface area contributed by atoms with Gasteiger partial charge >= 0.3 is 0 Å². The summed E-state index contributed by atoms with van der Waals surface area (Å²) in [6.45, 7) is 1.82. The van der Waals surface area contributed by atoms with Crippen LogP contribution in [-0.4, -0.2) is 29.3 Å². The molecule has 1 aromatic heterocycles. The molecule has 5 nitrogen and oxygen atoms in total. The molecule has 2 heterocycles. The van der Waals surface area contributed by atoms with Gasteiger partial charge in [0.15, 0.2) is 0 Å². The van der Waals surface area contributed by atoms with E-state index >= 15 is 0 Å². The second-order valence-electron chi connectivity index (χ2n) is 5.21. The van der Waals surface area contributed by atoms with E-state index in [1.54, 1.807) is 0 Å². The SMILES string of the molecule is Cl.c1ccc(-c2noc(-c3ccc(OC4CNC4)cc3)n2)cc1. The molecule has 0 radical (unpaired) electrons. The third-order valence-electron chi connectivity index (χ3n) is 3.61. The number of aromatic nitrogens is 2. The zero-order valence-corrected chi connectivity index (χ0v) is 13.1. The fourth-order valence-corrected chi connectivity index (χ4v) is 2.26. The lowest BCUT2D eigenvalue weighted by molar-refractivity contribution is 0.142. The quantitative estimate of drug-likeness (QED) is 0.796. The molecular weight excluding hydrogens is 314 g/mol. The maximum atomic E-state index is 5.79. The number of nitrogens with zero attached hydrogens (tertiary/aromatic N) is 2. The van der Waals surface area contributed by atoms with Crippen molar-refractivity contribution in [3.05, 3.63) is 54.6 Å². The van der Waals surface area contributed by atoms with Crippen molar-refractivity contribution in [3.63, 3.8) is 0 Å². The van der Waals surface area contributed by atoms with Crippen LogP contribution in [-0.2, 0) is 0 Å². The maximum absolute atomic E-state index is 5.79. The Morgan fingerprint density at radius 1 is 0.957 bits per heavy atom. The van der Waals surface area contributed by atoms with Gasteiger partial charge in [0.05, 0.1) is 0 Å². The summed E-state index contributed by atoms with van der Waals surface area (Å²) in [6, 6.07) is 17.5. The Morgan fingerprint density at radius 2 is 1.70 bits per heavy atom. The molecule has 1 aliphatic rings. The third kappa shape index (κ3) is 3.36. The number of hydrogen-bond acceptors (Lipinski definition) is 5. The number of ether oxygens (including phenoxy) is 1. The normalized spacial score (nSPS) is 13.9. The predicted octanol–water partition coefficient (Wildman–Crippen LogP) is 3.18. The van der Waals surface area contributed by atoms with Crippen LogP contribution in [0.3, 0.4) is 0 Å². The second-order valence-corrected chi connectivity index (χ2v) is 5.21. The number of hydrogen-bond donors (Lipinski definition) is 1. The van der Waals surface area contributed by atoms with Crippen LogP contribution in [0.4, 0.5) is 0 Å². The van der Waals surface area contributed by atoms with E-state index in [4.69, 9.17) is 9.26 Å².